The monoisotopic (exact) mass is 397 g/mol. The van der Waals surface area contributed by atoms with Crippen LogP contribution in [0.1, 0.15) is 40.8 Å². The van der Waals surface area contributed by atoms with E-state index in [2.05, 4.69) is 0 Å². The zero-order chi connectivity index (χ0) is 19.5. The quantitative estimate of drug-likeness (QED) is 0.624. The third-order valence-electron chi connectivity index (χ3n) is 5.07. The Labute approximate surface area is 167 Å². The highest BCUT2D eigenvalue weighted by Crippen LogP contribution is 2.21. The van der Waals surface area contributed by atoms with Crippen LogP contribution < -0.4 is 5.43 Å². The number of fused-ring (bicyclic) bond motifs is 1. The van der Waals surface area contributed by atoms with Gasteiger partial charge in [0.25, 0.3) is 5.91 Å². The van der Waals surface area contributed by atoms with E-state index in [1.54, 1.807) is 22.3 Å². The first-order valence-electron chi connectivity index (χ1n) is 9.64. The molecule has 1 fully saturated rings. The molecule has 0 radical (unpaired) electrons. The maximum absolute atomic E-state index is 13.2. The molecule has 0 spiro atoms. The number of benzene rings is 1. The van der Waals surface area contributed by atoms with Crippen molar-refractivity contribution in [1.82, 2.24) is 4.90 Å². The summed E-state index contributed by atoms with van der Waals surface area (Å²) in [6.07, 6.45) is 2.82. The van der Waals surface area contributed by atoms with E-state index in [1.807, 2.05) is 36.6 Å². The van der Waals surface area contributed by atoms with Gasteiger partial charge in [-0.15, -0.1) is 11.3 Å². The molecule has 3 aromatic rings. The van der Waals surface area contributed by atoms with E-state index in [-0.39, 0.29) is 23.2 Å². The summed E-state index contributed by atoms with van der Waals surface area (Å²) in [5.74, 6) is -0.196. The van der Waals surface area contributed by atoms with Crippen molar-refractivity contribution in [3.63, 3.8) is 0 Å². The fourth-order valence-corrected chi connectivity index (χ4v) is 4.25. The summed E-state index contributed by atoms with van der Waals surface area (Å²) in [7, 11) is 0. The molecular formula is C22H23NO4S. The first-order valence-corrected chi connectivity index (χ1v) is 10.5. The normalized spacial score (nSPS) is 16.5. The molecule has 6 heteroatoms. The van der Waals surface area contributed by atoms with Crippen molar-refractivity contribution in [3.8, 4) is 0 Å². The average Bonchev–Trinajstić information content (AvgIpc) is 3.41. The van der Waals surface area contributed by atoms with Gasteiger partial charge in [-0.05, 0) is 48.4 Å². The van der Waals surface area contributed by atoms with Gasteiger partial charge in [-0.2, -0.15) is 0 Å². The number of hydrogen-bond donors (Lipinski definition) is 0. The number of carbonyl (C=O) groups is 1. The SMILES string of the molecule is CCc1ccc2oc(C(=O)N(Cc3cccs3)C[C@H]3CCCO3)cc(=O)c2c1. The minimum absolute atomic E-state index is 0.0307. The fourth-order valence-electron chi connectivity index (χ4n) is 3.53. The zero-order valence-corrected chi connectivity index (χ0v) is 16.7. The summed E-state index contributed by atoms with van der Waals surface area (Å²) in [6, 6.07) is 10.8. The maximum Gasteiger partial charge on any atom is 0.290 e. The van der Waals surface area contributed by atoms with Gasteiger partial charge in [0.15, 0.2) is 11.2 Å². The molecule has 28 heavy (non-hydrogen) atoms. The molecule has 2 aromatic heterocycles. The molecular weight excluding hydrogens is 374 g/mol. The van der Waals surface area contributed by atoms with E-state index in [9.17, 15) is 9.59 Å². The molecule has 146 valence electrons. The number of rotatable bonds is 6. The highest BCUT2D eigenvalue weighted by molar-refractivity contribution is 7.09. The summed E-state index contributed by atoms with van der Waals surface area (Å²) < 4.78 is 11.6. The lowest BCUT2D eigenvalue weighted by atomic mass is 10.1. The number of hydrogen-bond acceptors (Lipinski definition) is 5. The van der Waals surface area contributed by atoms with E-state index >= 15 is 0 Å². The third-order valence-corrected chi connectivity index (χ3v) is 5.93. The molecule has 0 saturated carbocycles. The number of carbonyl (C=O) groups excluding carboxylic acids is 1. The van der Waals surface area contributed by atoms with Crippen LogP contribution in [0.5, 0.6) is 0 Å². The largest absolute Gasteiger partial charge is 0.451 e. The highest BCUT2D eigenvalue weighted by Gasteiger charge is 2.26. The molecule has 0 bridgehead atoms. The van der Waals surface area contributed by atoms with Crippen molar-refractivity contribution >= 4 is 28.2 Å². The van der Waals surface area contributed by atoms with Gasteiger partial charge in [0.1, 0.15) is 5.58 Å². The molecule has 0 aliphatic carbocycles. The second-order valence-corrected chi connectivity index (χ2v) is 8.09. The summed E-state index contributed by atoms with van der Waals surface area (Å²) >= 11 is 1.60. The van der Waals surface area contributed by atoms with Gasteiger partial charge in [-0.3, -0.25) is 9.59 Å². The van der Waals surface area contributed by atoms with Crippen LogP contribution in [0.15, 0.2) is 51.0 Å². The van der Waals surface area contributed by atoms with Crippen molar-refractivity contribution in [2.24, 2.45) is 0 Å². The number of nitrogens with zero attached hydrogens (tertiary/aromatic N) is 1. The molecule has 0 N–H and O–H groups in total. The number of thiophene rings is 1. The van der Waals surface area contributed by atoms with Gasteiger partial charge >= 0.3 is 0 Å². The number of aryl methyl sites for hydroxylation is 1. The average molecular weight is 397 g/mol. The molecule has 1 amide bonds. The fraction of sp³-hybridized carbons (Fsp3) is 0.364. The molecule has 4 rings (SSSR count). The summed E-state index contributed by atoms with van der Waals surface area (Å²) in [5, 5.41) is 2.51. The van der Waals surface area contributed by atoms with Gasteiger partial charge < -0.3 is 14.1 Å². The van der Waals surface area contributed by atoms with Gasteiger partial charge in [0, 0.05) is 24.1 Å². The Balaban J connectivity index is 1.65. The van der Waals surface area contributed by atoms with Crippen molar-refractivity contribution in [3.05, 3.63) is 68.2 Å². The molecule has 0 unspecified atom stereocenters. The summed E-state index contributed by atoms with van der Waals surface area (Å²) in [6.45, 7) is 3.74. The Bertz CT molecular complexity index is 1020. The molecule has 3 heterocycles. The molecule has 1 atom stereocenters. The Hall–Kier alpha value is -2.44. The van der Waals surface area contributed by atoms with Crippen molar-refractivity contribution < 1.29 is 13.9 Å². The van der Waals surface area contributed by atoms with E-state index < -0.39 is 0 Å². The Kier molecular flexibility index (Phi) is 5.59. The number of ether oxygens (including phenoxy) is 1. The molecule has 5 nitrogen and oxygen atoms in total. The Morgan fingerprint density at radius 2 is 2.18 bits per heavy atom. The topological polar surface area (TPSA) is 59.8 Å². The predicted molar refractivity (Wildman–Crippen MR) is 110 cm³/mol. The van der Waals surface area contributed by atoms with E-state index in [1.165, 1.54) is 6.07 Å². The minimum atomic E-state index is -0.275. The van der Waals surface area contributed by atoms with Crippen molar-refractivity contribution in [2.45, 2.75) is 38.8 Å². The van der Waals surface area contributed by atoms with Crippen molar-refractivity contribution in [1.29, 1.82) is 0 Å². The van der Waals surface area contributed by atoms with Crippen molar-refractivity contribution in [2.75, 3.05) is 13.2 Å². The highest BCUT2D eigenvalue weighted by atomic mass is 32.1. The second kappa shape index (κ2) is 8.29. The lowest BCUT2D eigenvalue weighted by Gasteiger charge is -2.24. The lowest BCUT2D eigenvalue weighted by molar-refractivity contribution is 0.0486. The van der Waals surface area contributed by atoms with Crippen LogP contribution in [0.4, 0.5) is 0 Å². The number of amides is 1. The molecule has 1 aromatic carbocycles. The maximum atomic E-state index is 13.2. The van der Waals surface area contributed by atoms with Gasteiger partial charge in [-0.1, -0.05) is 19.1 Å². The van der Waals surface area contributed by atoms with Crippen LogP contribution in [-0.4, -0.2) is 30.1 Å². The van der Waals surface area contributed by atoms with Gasteiger partial charge in [0.05, 0.1) is 18.0 Å². The smallest absolute Gasteiger partial charge is 0.290 e. The Morgan fingerprint density at radius 1 is 1.29 bits per heavy atom. The Morgan fingerprint density at radius 3 is 2.89 bits per heavy atom. The first kappa shape index (κ1) is 18.9. The van der Waals surface area contributed by atoms with Crippen LogP contribution in [0.3, 0.4) is 0 Å². The second-order valence-electron chi connectivity index (χ2n) is 7.06. The third kappa shape index (κ3) is 4.03. The molecule has 1 saturated heterocycles. The minimum Gasteiger partial charge on any atom is -0.451 e. The van der Waals surface area contributed by atoms with Crippen LogP contribution >= 0.6 is 11.3 Å². The predicted octanol–water partition coefficient (Wildman–Crippen LogP) is 4.24. The lowest BCUT2D eigenvalue weighted by Crippen LogP contribution is -2.37. The van der Waals surface area contributed by atoms with Gasteiger partial charge in [0.2, 0.25) is 0 Å². The van der Waals surface area contributed by atoms with E-state index in [4.69, 9.17) is 9.15 Å². The summed E-state index contributed by atoms with van der Waals surface area (Å²) in [5.41, 5.74) is 1.32. The first-order chi connectivity index (χ1) is 13.6. The molecule has 1 aliphatic heterocycles. The van der Waals surface area contributed by atoms with Crippen LogP contribution in [0.2, 0.25) is 0 Å². The van der Waals surface area contributed by atoms with E-state index in [0.717, 1.165) is 36.3 Å². The zero-order valence-electron chi connectivity index (χ0n) is 15.8. The standard InChI is InChI=1S/C22H23NO4S/c1-2-15-7-8-20-18(11-15)19(24)12-21(27-20)22(25)23(13-16-5-3-9-26-16)14-17-6-4-10-28-17/h4,6-8,10-12,16H,2-3,5,9,13-14H2,1H3/t16-/m1/s1. The van der Waals surface area contributed by atoms with Gasteiger partial charge in [-0.25, -0.2) is 0 Å². The summed E-state index contributed by atoms with van der Waals surface area (Å²) in [4.78, 5) is 28.6. The van der Waals surface area contributed by atoms with Crippen LogP contribution in [0.25, 0.3) is 11.0 Å². The molecule has 1 aliphatic rings. The van der Waals surface area contributed by atoms with Crippen LogP contribution in [-0.2, 0) is 17.7 Å². The van der Waals surface area contributed by atoms with Crippen LogP contribution in [0, 0.1) is 0 Å². The van der Waals surface area contributed by atoms with E-state index in [0.29, 0.717) is 24.1 Å².